The second-order valence-electron chi connectivity index (χ2n) is 3.71. The number of amides is 1. The van der Waals surface area contributed by atoms with Crippen molar-refractivity contribution in [2.75, 3.05) is 18.1 Å². The molecule has 4 nitrogen and oxygen atoms in total. The number of hydrogen-bond donors (Lipinski definition) is 2. The second kappa shape index (κ2) is 8.16. The van der Waals surface area contributed by atoms with Crippen LogP contribution in [0.5, 0.6) is 0 Å². The molecule has 0 aliphatic rings. The van der Waals surface area contributed by atoms with Crippen molar-refractivity contribution in [1.29, 1.82) is 0 Å². The Hall–Kier alpha value is -1.08. The van der Waals surface area contributed by atoms with E-state index in [2.05, 4.69) is 21.2 Å². The number of aliphatic carboxylic acids is 1. The van der Waals surface area contributed by atoms with Crippen molar-refractivity contribution < 1.29 is 19.1 Å². The average molecular weight is 350 g/mol. The number of hydrogen-bond acceptors (Lipinski definition) is 3. The Kier molecular flexibility index (Phi) is 6.86. The molecule has 19 heavy (non-hydrogen) atoms. The van der Waals surface area contributed by atoms with E-state index in [4.69, 9.17) is 5.11 Å². The molecular formula is C12H13BrFNO3S. The number of carbonyl (C=O) groups is 2. The van der Waals surface area contributed by atoms with Crippen LogP contribution in [0.1, 0.15) is 5.56 Å². The van der Waals surface area contributed by atoms with Gasteiger partial charge in [0.2, 0.25) is 5.91 Å². The third-order valence-electron chi connectivity index (χ3n) is 2.15. The van der Waals surface area contributed by atoms with Crippen molar-refractivity contribution in [2.24, 2.45) is 0 Å². The molecule has 0 heterocycles. The molecule has 0 saturated heterocycles. The van der Waals surface area contributed by atoms with E-state index in [1.165, 1.54) is 23.9 Å². The van der Waals surface area contributed by atoms with Gasteiger partial charge in [-0.2, -0.15) is 0 Å². The Labute approximate surface area is 122 Å². The molecule has 0 fully saturated rings. The van der Waals surface area contributed by atoms with Gasteiger partial charge < -0.3 is 10.4 Å². The first-order chi connectivity index (χ1) is 8.99. The van der Waals surface area contributed by atoms with Crippen molar-refractivity contribution >= 4 is 39.6 Å². The molecule has 104 valence electrons. The van der Waals surface area contributed by atoms with E-state index in [1.807, 2.05) is 0 Å². The SMILES string of the molecule is O=C(O)CSCCNC(=O)Cc1cc(F)ccc1Br. The highest BCUT2D eigenvalue weighted by atomic mass is 79.9. The lowest BCUT2D eigenvalue weighted by atomic mass is 10.1. The van der Waals surface area contributed by atoms with Gasteiger partial charge in [-0.1, -0.05) is 15.9 Å². The highest BCUT2D eigenvalue weighted by Gasteiger charge is 2.07. The minimum absolute atomic E-state index is 0.0192. The summed E-state index contributed by atoms with van der Waals surface area (Å²) in [6, 6.07) is 4.18. The summed E-state index contributed by atoms with van der Waals surface area (Å²) in [4.78, 5) is 21.9. The molecule has 0 aliphatic carbocycles. The molecule has 0 unspecified atom stereocenters. The lowest BCUT2D eigenvalue weighted by molar-refractivity contribution is -0.133. The van der Waals surface area contributed by atoms with E-state index in [9.17, 15) is 14.0 Å². The smallest absolute Gasteiger partial charge is 0.313 e. The summed E-state index contributed by atoms with van der Waals surface area (Å²) in [5.41, 5.74) is 0.579. The van der Waals surface area contributed by atoms with Gasteiger partial charge in [0.05, 0.1) is 12.2 Å². The molecule has 2 N–H and O–H groups in total. The third kappa shape index (κ3) is 6.58. The number of carboxylic acid groups (broad SMARTS) is 1. The first-order valence-corrected chi connectivity index (χ1v) is 7.44. The van der Waals surface area contributed by atoms with Gasteiger partial charge in [-0.05, 0) is 23.8 Å². The van der Waals surface area contributed by atoms with E-state index in [1.54, 1.807) is 6.07 Å². The quantitative estimate of drug-likeness (QED) is 0.739. The van der Waals surface area contributed by atoms with Crippen LogP contribution in [0, 0.1) is 5.82 Å². The van der Waals surface area contributed by atoms with E-state index in [0.29, 0.717) is 22.3 Å². The second-order valence-corrected chi connectivity index (χ2v) is 5.67. The van der Waals surface area contributed by atoms with Gasteiger partial charge in [0.1, 0.15) is 5.82 Å². The fourth-order valence-corrected chi connectivity index (χ4v) is 2.29. The first kappa shape index (κ1) is 16.0. The number of carboxylic acids is 1. The van der Waals surface area contributed by atoms with E-state index < -0.39 is 5.97 Å². The van der Waals surface area contributed by atoms with Crippen LogP contribution in [0.25, 0.3) is 0 Å². The van der Waals surface area contributed by atoms with Crippen LogP contribution >= 0.6 is 27.7 Å². The van der Waals surface area contributed by atoms with Gasteiger partial charge in [-0.3, -0.25) is 9.59 Å². The monoisotopic (exact) mass is 349 g/mol. The molecule has 7 heteroatoms. The third-order valence-corrected chi connectivity index (χ3v) is 3.87. The van der Waals surface area contributed by atoms with Crippen LogP contribution in [-0.4, -0.2) is 35.0 Å². The molecule has 0 aliphatic heterocycles. The van der Waals surface area contributed by atoms with Gasteiger partial charge in [0, 0.05) is 16.8 Å². The largest absolute Gasteiger partial charge is 0.481 e. The Morgan fingerprint density at radius 2 is 2.16 bits per heavy atom. The molecule has 1 aromatic carbocycles. The molecular weight excluding hydrogens is 337 g/mol. The molecule has 1 aromatic rings. The lowest BCUT2D eigenvalue weighted by Crippen LogP contribution is -2.27. The van der Waals surface area contributed by atoms with Crippen molar-refractivity contribution in [3.8, 4) is 0 Å². The maximum Gasteiger partial charge on any atom is 0.313 e. The van der Waals surface area contributed by atoms with Crippen LogP contribution in [0.4, 0.5) is 4.39 Å². The minimum atomic E-state index is -0.875. The first-order valence-electron chi connectivity index (χ1n) is 5.49. The summed E-state index contributed by atoms with van der Waals surface area (Å²) in [7, 11) is 0. The Morgan fingerprint density at radius 3 is 2.84 bits per heavy atom. The zero-order valence-corrected chi connectivity index (χ0v) is 12.4. The van der Waals surface area contributed by atoms with Gasteiger partial charge in [0.25, 0.3) is 0 Å². The van der Waals surface area contributed by atoms with Gasteiger partial charge in [-0.15, -0.1) is 11.8 Å². The van der Waals surface area contributed by atoms with Crippen molar-refractivity contribution in [3.63, 3.8) is 0 Å². The van der Waals surface area contributed by atoms with Crippen molar-refractivity contribution in [1.82, 2.24) is 5.32 Å². The van der Waals surface area contributed by atoms with Gasteiger partial charge >= 0.3 is 5.97 Å². The van der Waals surface area contributed by atoms with E-state index >= 15 is 0 Å². The normalized spacial score (nSPS) is 10.2. The zero-order chi connectivity index (χ0) is 14.3. The molecule has 0 saturated carbocycles. The predicted octanol–water partition coefficient (Wildman–Crippen LogP) is 2.06. The Bertz CT molecular complexity index is 470. The fraction of sp³-hybridized carbons (Fsp3) is 0.333. The number of thioether (sulfide) groups is 1. The number of nitrogens with one attached hydrogen (secondary N) is 1. The molecule has 1 rings (SSSR count). The van der Waals surface area contributed by atoms with Crippen molar-refractivity contribution in [2.45, 2.75) is 6.42 Å². The van der Waals surface area contributed by atoms with Crippen LogP contribution in [-0.2, 0) is 16.0 Å². The summed E-state index contributed by atoms with van der Waals surface area (Å²) < 4.78 is 13.7. The molecule has 0 atom stereocenters. The standard InChI is InChI=1S/C12H13BrFNO3S/c13-10-2-1-9(14)5-8(10)6-11(16)15-3-4-19-7-12(17)18/h1-2,5H,3-4,6-7H2,(H,15,16)(H,17,18). The maximum atomic E-state index is 13.0. The van der Waals surface area contributed by atoms with Gasteiger partial charge in [0.15, 0.2) is 0 Å². The number of benzene rings is 1. The summed E-state index contributed by atoms with van der Waals surface area (Å²) in [6.07, 6.45) is 0.0853. The van der Waals surface area contributed by atoms with Gasteiger partial charge in [-0.25, -0.2) is 4.39 Å². The van der Waals surface area contributed by atoms with Crippen molar-refractivity contribution in [3.05, 3.63) is 34.1 Å². The fourth-order valence-electron chi connectivity index (χ4n) is 1.34. The van der Waals surface area contributed by atoms with Crippen LogP contribution < -0.4 is 5.32 Å². The predicted molar refractivity (Wildman–Crippen MR) is 75.8 cm³/mol. The molecule has 0 bridgehead atoms. The summed E-state index contributed by atoms with van der Waals surface area (Å²) >= 11 is 4.48. The highest BCUT2D eigenvalue weighted by molar-refractivity contribution is 9.10. The summed E-state index contributed by atoms with van der Waals surface area (Å²) in [5, 5.41) is 11.1. The number of carbonyl (C=O) groups excluding carboxylic acids is 1. The maximum absolute atomic E-state index is 13.0. The molecule has 0 radical (unpaired) electrons. The number of halogens is 2. The highest BCUT2D eigenvalue weighted by Crippen LogP contribution is 2.18. The molecule has 1 amide bonds. The summed E-state index contributed by atoms with van der Waals surface area (Å²) in [5.74, 6) is -0.932. The molecule has 0 spiro atoms. The van der Waals surface area contributed by atoms with Crippen LogP contribution in [0.2, 0.25) is 0 Å². The van der Waals surface area contributed by atoms with Crippen LogP contribution in [0.3, 0.4) is 0 Å². The summed E-state index contributed by atoms with van der Waals surface area (Å²) in [6.45, 7) is 0.393. The Morgan fingerprint density at radius 1 is 1.42 bits per heavy atom. The average Bonchev–Trinajstić information content (AvgIpc) is 2.33. The lowest BCUT2D eigenvalue weighted by Gasteiger charge is -2.06. The minimum Gasteiger partial charge on any atom is -0.481 e. The van der Waals surface area contributed by atoms with E-state index in [-0.39, 0.29) is 23.9 Å². The topological polar surface area (TPSA) is 66.4 Å². The molecule has 0 aromatic heterocycles. The zero-order valence-electron chi connectivity index (χ0n) is 9.99. The van der Waals surface area contributed by atoms with Crippen LogP contribution in [0.15, 0.2) is 22.7 Å². The number of rotatable bonds is 7. The van der Waals surface area contributed by atoms with E-state index in [0.717, 1.165) is 0 Å². The Balaban J connectivity index is 2.31.